The molecule has 1 aromatic heterocycles. The Labute approximate surface area is 123 Å². The molecule has 2 rings (SSSR count). The van der Waals surface area contributed by atoms with Crippen LogP contribution in [0, 0.1) is 5.92 Å². The van der Waals surface area contributed by atoms with Crippen molar-refractivity contribution in [2.75, 3.05) is 0 Å². The SMILES string of the molecule is CC(C)C[C@H](NC(=O)c1ccc2ccccc2n1)C(=O)O. The van der Waals surface area contributed by atoms with Crippen molar-refractivity contribution in [2.45, 2.75) is 26.3 Å². The fourth-order valence-corrected chi connectivity index (χ4v) is 2.12. The van der Waals surface area contributed by atoms with Crippen LogP contribution in [0.15, 0.2) is 36.4 Å². The number of amides is 1. The van der Waals surface area contributed by atoms with Gasteiger partial charge in [0.15, 0.2) is 0 Å². The number of pyridine rings is 1. The third-order valence-electron chi connectivity index (χ3n) is 3.14. The van der Waals surface area contributed by atoms with Crippen LogP contribution in [0.5, 0.6) is 0 Å². The molecule has 0 spiro atoms. The maximum Gasteiger partial charge on any atom is 0.326 e. The van der Waals surface area contributed by atoms with Crippen LogP contribution in [0.25, 0.3) is 10.9 Å². The number of nitrogens with zero attached hydrogens (tertiary/aromatic N) is 1. The van der Waals surface area contributed by atoms with Crippen molar-refractivity contribution >= 4 is 22.8 Å². The van der Waals surface area contributed by atoms with Gasteiger partial charge in [0.25, 0.3) is 5.91 Å². The van der Waals surface area contributed by atoms with E-state index in [0.29, 0.717) is 11.9 Å². The fraction of sp³-hybridized carbons (Fsp3) is 0.312. The first-order valence-electron chi connectivity index (χ1n) is 6.87. The lowest BCUT2D eigenvalue weighted by molar-refractivity contribution is -0.139. The average molecular weight is 286 g/mol. The quantitative estimate of drug-likeness (QED) is 0.885. The zero-order valence-electron chi connectivity index (χ0n) is 12.0. The minimum absolute atomic E-state index is 0.177. The summed E-state index contributed by atoms with van der Waals surface area (Å²) in [6.07, 6.45) is 0.384. The van der Waals surface area contributed by atoms with Gasteiger partial charge in [-0.1, -0.05) is 38.1 Å². The summed E-state index contributed by atoms with van der Waals surface area (Å²) < 4.78 is 0. The number of carboxylic acid groups (broad SMARTS) is 1. The van der Waals surface area contributed by atoms with Crippen molar-refractivity contribution in [1.82, 2.24) is 10.3 Å². The summed E-state index contributed by atoms with van der Waals surface area (Å²) in [5.41, 5.74) is 0.935. The molecule has 1 amide bonds. The molecule has 2 N–H and O–H groups in total. The van der Waals surface area contributed by atoms with E-state index in [1.54, 1.807) is 12.1 Å². The van der Waals surface area contributed by atoms with E-state index in [1.807, 2.05) is 38.1 Å². The van der Waals surface area contributed by atoms with Crippen LogP contribution < -0.4 is 5.32 Å². The molecule has 2 aromatic rings. The standard InChI is InChI=1S/C16H18N2O3/c1-10(2)9-14(16(20)21)18-15(19)13-8-7-11-5-3-4-6-12(11)17-13/h3-8,10,14H,9H2,1-2H3,(H,18,19)(H,20,21)/t14-/m0/s1. The molecule has 1 heterocycles. The van der Waals surface area contributed by atoms with Crippen molar-refractivity contribution in [3.8, 4) is 0 Å². The van der Waals surface area contributed by atoms with Crippen molar-refractivity contribution in [3.63, 3.8) is 0 Å². The molecule has 0 aliphatic carbocycles. The number of aliphatic carboxylic acids is 1. The number of nitrogens with one attached hydrogen (secondary N) is 1. The molecule has 0 saturated heterocycles. The van der Waals surface area contributed by atoms with Gasteiger partial charge in [-0.25, -0.2) is 9.78 Å². The first kappa shape index (κ1) is 15.0. The summed E-state index contributed by atoms with van der Waals surface area (Å²) in [4.78, 5) is 27.6. The van der Waals surface area contributed by atoms with E-state index >= 15 is 0 Å². The zero-order chi connectivity index (χ0) is 15.4. The minimum atomic E-state index is -1.03. The van der Waals surface area contributed by atoms with Crippen LogP contribution >= 0.6 is 0 Å². The van der Waals surface area contributed by atoms with Crippen LogP contribution in [0.2, 0.25) is 0 Å². The van der Waals surface area contributed by atoms with E-state index in [-0.39, 0.29) is 11.6 Å². The lowest BCUT2D eigenvalue weighted by atomic mass is 10.0. The van der Waals surface area contributed by atoms with Crippen LogP contribution in [-0.4, -0.2) is 28.0 Å². The summed E-state index contributed by atoms with van der Waals surface area (Å²) in [6.45, 7) is 3.83. The second-order valence-electron chi connectivity index (χ2n) is 5.38. The van der Waals surface area contributed by atoms with Gasteiger partial charge in [0.05, 0.1) is 5.52 Å². The van der Waals surface area contributed by atoms with E-state index in [4.69, 9.17) is 5.11 Å². The van der Waals surface area contributed by atoms with Crippen molar-refractivity contribution in [1.29, 1.82) is 0 Å². The van der Waals surface area contributed by atoms with Crippen molar-refractivity contribution in [2.24, 2.45) is 5.92 Å². The third-order valence-corrected chi connectivity index (χ3v) is 3.14. The molecule has 0 aliphatic heterocycles. The molecule has 21 heavy (non-hydrogen) atoms. The number of benzene rings is 1. The Morgan fingerprint density at radius 2 is 1.90 bits per heavy atom. The molecule has 0 radical (unpaired) electrons. The number of carbonyl (C=O) groups is 2. The van der Waals surface area contributed by atoms with Crippen molar-refractivity contribution < 1.29 is 14.7 Å². The minimum Gasteiger partial charge on any atom is -0.480 e. The predicted octanol–water partition coefficient (Wildman–Crippen LogP) is 2.46. The molecule has 1 aromatic carbocycles. The fourth-order valence-electron chi connectivity index (χ4n) is 2.12. The first-order valence-corrected chi connectivity index (χ1v) is 6.87. The largest absolute Gasteiger partial charge is 0.480 e. The van der Waals surface area contributed by atoms with Gasteiger partial charge in [-0.05, 0) is 24.5 Å². The number of carboxylic acids is 1. The Morgan fingerprint density at radius 3 is 2.57 bits per heavy atom. The second kappa shape index (κ2) is 6.35. The number of hydrogen-bond acceptors (Lipinski definition) is 3. The maximum absolute atomic E-state index is 12.1. The van der Waals surface area contributed by atoms with Gasteiger partial charge in [0.2, 0.25) is 0 Å². The average Bonchev–Trinajstić information content (AvgIpc) is 2.45. The Morgan fingerprint density at radius 1 is 1.19 bits per heavy atom. The van der Waals surface area contributed by atoms with Gasteiger partial charge in [0.1, 0.15) is 11.7 Å². The highest BCUT2D eigenvalue weighted by Crippen LogP contribution is 2.12. The van der Waals surface area contributed by atoms with Crippen LogP contribution in [0.1, 0.15) is 30.8 Å². The number of carbonyl (C=O) groups excluding carboxylic acids is 1. The Kier molecular flexibility index (Phi) is 4.52. The number of para-hydroxylation sites is 1. The number of fused-ring (bicyclic) bond motifs is 1. The van der Waals surface area contributed by atoms with Gasteiger partial charge in [0, 0.05) is 5.39 Å². The maximum atomic E-state index is 12.1. The highest BCUT2D eigenvalue weighted by molar-refractivity contribution is 5.96. The third kappa shape index (κ3) is 3.78. The van der Waals surface area contributed by atoms with Crippen LogP contribution in [0.4, 0.5) is 0 Å². The van der Waals surface area contributed by atoms with Crippen molar-refractivity contribution in [3.05, 3.63) is 42.1 Å². The zero-order valence-corrected chi connectivity index (χ0v) is 12.0. The molecule has 0 bridgehead atoms. The Hall–Kier alpha value is -2.43. The summed E-state index contributed by atoms with van der Waals surface area (Å²) in [5.74, 6) is -1.32. The second-order valence-corrected chi connectivity index (χ2v) is 5.38. The lowest BCUT2D eigenvalue weighted by Crippen LogP contribution is -2.41. The van der Waals surface area contributed by atoms with Crippen LogP contribution in [-0.2, 0) is 4.79 Å². The predicted molar refractivity (Wildman–Crippen MR) is 80.1 cm³/mol. The summed E-state index contributed by atoms with van der Waals surface area (Å²) in [7, 11) is 0. The monoisotopic (exact) mass is 286 g/mol. The first-order chi connectivity index (χ1) is 9.97. The summed E-state index contributed by atoms with van der Waals surface area (Å²) in [6, 6.07) is 9.97. The van der Waals surface area contributed by atoms with Crippen LogP contribution in [0.3, 0.4) is 0 Å². The molecular weight excluding hydrogens is 268 g/mol. The summed E-state index contributed by atoms with van der Waals surface area (Å²) >= 11 is 0. The van der Waals surface area contributed by atoms with Gasteiger partial charge in [-0.3, -0.25) is 4.79 Å². The van der Waals surface area contributed by atoms with E-state index in [1.165, 1.54) is 0 Å². The normalized spacial score (nSPS) is 12.3. The number of aromatic nitrogens is 1. The van der Waals surface area contributed by atoms with Gasteiger partial charge < -0.3 is 10.4 Å². The molecule has 5 heteroatoms. The number of hydrogen-bond donors (Lipinski definition) is 2. The van der Waals surface area contributed by atoms with E-state index in [0.717, 1.165) is 5.39 Å². The Balaban J connectivity index is 2.19. The number of rotatable bonds is 5. The van der Waals surface area contributed by atoms with E-state index in [9.17, 15) is 9.59 Å². The topological polar surface area (TPSA) is 79.3 Å². The Bertz CT molecular complexity index is 667. The van der Waals surface area contributed by atoms with Gasteiger partial charge in [-0.2, -0.15) is 0 Å². The molecule has 0 saturated carbocycles. The highest BCUT2D eigenvalue weighted by atomic mass is 16.4. The molecule has 5 nitrogen and oxygen atoms in total. The molecule has 1 atom stereocenters. The van der Waals surface area contributed by atoms with Gasteiger partial charge in [-0.15, -0.1) is 0 Å². The highest BCUT2D eigenvalue weighted by Gasteiger charge is 2.22. The van der Waals surface area contributed by atoms with E-state index in [2.05, 4.69) is 10.3 Å². The molecule has 110 valence electrons. The molecule has 0 unspecified atom stereocenters. The molecule has 0 aliphatic rings. The molecular formula is C16H18N2O3. The van der Waals surface area contributed by atoms with Gasteiger partial charge >= 0.3 is 5.97 Å². The summed E-state index contributed by atoms with van der Waals surface area (Å²) in [5, 5.41) is 12.6. The molecule has 0 fully saturated rings. The van der Waals surface area contributed by atoms with E-state index < -0.39 is 17.9 Å². The smallest absolute Gasteiger partial charge is 0.326 e. The lowest BCUT2D eigenvalue weighted by Gasteiger charge is -2.16.